The second-order valence-electron chi connectivity index (χ2n) is 8.51. The molecule has 4 heteroatoms. The molecule has 0 aliphatic rings. The van der Waals surface area contributed by atoms with E-state index in [-0.39, 0.29) is 5.41 Å². The first-order valence-electron chi connectivity index (χ1n) is 10.2. The van der Waals surface area contributed by atoms with Crippen molar-refractivity contribution in [1.29, 1.82) is 0 Å². The van der Waals surface area contributed by atoms with Crippen molar-refractivity contribution in [2.24, 2.45) is 7.05 Å². The molecule has 4 rings (SSSR count). The van der Waals surface area contributed by atoms with Gasteiger partial charge in [-0.1, -0.05) is 75.4 Å². The molecular formula is C26H27N2OSi. The fraction of sp³-hybridized carbons (Fsp3) is 0.192. The van der Waals surface area contributed by atoms with Crippen molar-refractivity contribution in [3.8, 4) is 17.1 Å². The summed E-state index contributed by atoms with van der Waals surface area (Å²) in [4.78, 5) is 4.43. The van der Waals surface area contributed by atoms with Crippen LogP contribution in [0.5, 0.6) is 5.75 Å². The highest BCUT2D eigenvalue weighted by Gasteiger charge is 2.23. The number of benzene rings is 3. The molecule has 0 fully saturated rings. The van der Waals surface area contributed by atoms with E-state index in [0.717, 1.165) is 17.1 Å². The van der Waals surface area contributed by atoms with Gasteiger partial charge in [-0.15, -0.1) is 0 Å². The summed E-state index contributed by atoms with van der Waals surface area (Å²) in [5.41, 5.74) is 2.55. The molecule has 0 aliphatic heterocycles. The van der Waals surface area contributed by atoms with Crippen molar-refractivity contribution in [2.75, 3.05) is 0 Å². The summed E-state index contributed by atoms with van der Waals surface area (Å²) in [6, 6.07) is 27.7. The first kappa shape index (κ1) is 20.2. The van der Waals surface area contributed by atoms with Gasteiger partial charge in [0.25, 0.3) is 0 Å². The smallest absolute Gasteiger partial charge is 0.352 e. The largest absolute Gasteiger partial charge is 0.533 e. The molecule has 4 aromatic rings. The third kappa shape index (κ3) is 4.39. The Morgan fingerprint density at radius 2 is 1.43 bits per heavy atom. The highest BCUT2D eigenvalue weighted by atomic mass is 28.3. The zero-order chi connectivity index (χ0) is 21.1. The number of aromatic nitrogens is 2. The Hall–Kier alpha value is -3.11. The van der Waals surface area contributed by atoms with Gasteiger partial charge >= 0.3 is 9.04 Å². The predicted octanol–water partition coefficient (Wildman–Crippen LogP) is 4.57. The minimum atomic E-state index is -1.41. The summed E-state index contributed by atoms with van der Waals surface area (Å²) in [5.74, 6) is 1.83. The van der Waals surface area contributed by atoms with Gasteiger partial charge in [-0.3, -0.25) is 0 Å². The molecule has 0 atom stereocenters. The van der Waals surface area contributed by atoms with Gasteiger partial charge in [0.1, 0.15) is 11.6 Å². The Morgan fingerprint density at radius 1 is 0.800 bits per heavy atom. The molecule has 1 heterocycles. The van der Waals surface area contributed by atoms with Crippen LogP contribution in [0.4, 0.5) is 0 Å². The molecule has 0 saturated carbocycles. The van der Waals surface area contributed by atoms with Crippen LogP contribution in [0, 0.1) is 0 Å². The second-order valence-corrected chi connectivity index (χ2v) is 10.5. The zero-order valence-corrected chi connectivity index (χ0v) is 19.0. The Kier molecular flexibility index (Phi) is 5.60. The van der Waals surface area contributed by atoms with Crippen molar-refractivity contribution >= 4 is 19.4 Å². The number of imidazole rings is 1. The van der Waals surface area contributed by atoms with Crippen LogP contribution >= 0.6 is 0 Å². The van der Waals surface area contributed by atoms with E-state index in [0.29, 0.717) is 0 Å². The van der Waals surface area contributed by atoms with E-state index in [9.17, 15) is 0 Å². The van der Waals surface area contributed by atoms with Gasteiger partial charge in [-0.2, -0.15) is 0 Å². The lowest BCUT2D eigenvalue weighted by atomic mass is 9.87. The van der Waals surface area contributed by atoms with E-state index in [1.807, 2.05) is 42.2 Å². The van der Waals surface area contributed by atoms with Crippen LogP contribution in [0.1, 0.15) is 26.3 Å². The molecule has 0 unspecified atom stereocenters. The number of hydrogen-bond acceptors (Lipinski definition) is 2. The summed E-state index contributed by atoms with van der Waals surface area (Å²) in [6.45, 7) is 6.72. The standard InChI is InChI=1S/C26H27N2OSi/c1-26(2,3)21-12-16-24(17-13-21)30(23-8-6-5-7-9-23)29-22-14-10-20(11-15-22)25-27-18-19-28(25)4/h5-19H,1-4H3. The average Bonchev–Trinajstić information content (AvgIpc) is 3.18. The lowest BCUT2D eigenvalue weighted by molar-refractivity contribution is 0.587. The monoisotopic (exact) mass is 411 g/mol. The Balaban J connectivity index is 1.63. The third-order valence-electron chi connectivity index (χ3n) is 5.20. The molecule has 0 N–H and O–H groups in total. The van der Waals surface area contributed by atoms with Crippen LogP contribution in [-0.2, 0) is 12.5 Å². The van der Waals surface area contributed by atoms with E-state index in [2.05, 4.69) is 86.4 Å². The maximum absolute atomic E-state index is 6.59. The molecule has 1 radical (unpaired) electrons. The first-order chi connectivity index (χ1) is 14.4. The van der Waals surface area contributed by atoms with Crippen molar-refractivity contribution in [1.82, 2.24) is 9.55 Å². The van der Waals surface area contributed by atoms with E-state index >= 15 is 0 Å². The normalized spacial score (nSPS) is 11.6. The highest BCUT2D eigenvalue weighted by molar-refractivity contribution is 6.80. The lowest BCUT2D eigenvalue weighted by Gasteiger charge is -2.21. The molecular weight excluding hydrogens is 384 g/mol. The summed E-state index contributed by atoms with van der Waals surface area (Å²) >= 11 is 0. The number of nitrogens with zero attached hydrogens (tertiary/aromatic N) is 2. The topological polar surface area (TPSA) is 27.1 Å². The van der Waals surface area contributed by atoms with Crippen LogP contribution in [0.3, 0.4) is 0 Å². The van der Waals surface area contributed by atoms with Crippen molar-refractivity contribution in [3.05, 3.63) is 96.8 Å². The van der Waals surface area contributed by atoms with Crippen molar-refractivity contribution in [3.63, 3.8) is 0 Å². The lowest BCUT2D eigenvalue weighted by Crippen LogP contribution is -2.47. The highest BCUT2D eigenvalue weighted by Crippen LogP contribution is 2.22. The minimum Gasteiger partial charge on any atom is -0.533 e. The average molecular weight is 412 g/mol. The van der Waals surface area contributed by atoms with Gasteiger partial charge in [0, 0.05) is 25.0 Å². The van der Waals surface area contributed by atoms with Crippen LogP contribution in [-0.4, -0.2) is 18.6 Å². The summed E-state index contributed by atoms with van der Waals surface area (Å²) in [7, 11) is 0.596. The fourth-order valence-electron chi connectivity index (χ4n) is 3.43. The SMILES string of the molecule is Cn1ccnc1-c1ccc(O[Si](c2ccccc2)c2ccc(C(C)(C)C)cc2)cc1. The maximum Gasteiger partial charge on any atom is 0.352 e. The Morgan fingerprint density at radius 3 is 2.00 bits per heavy atom. The van der Waals surface area contributed by atoms with Gasteiger partial charge in [-0.05, 0) is 45.6 Å². The van der Waals surface area contributed by atoms with E-state index < -0.39 is 9.04 Å². The molecule has 30 heavy (non-hydrogen) atoms. The Bertz CT molecular complexity index is 1090. The van der Waals surface area contributed by atoms with Gasteiger partial charge in [0.15, 0.2) is 0 Å². The summed E-state index contributed by atoms with van der Waals surface area (Å²) in [5, 5.41) is 2.48. The van der Waals surface area contributed by atoms with E-state index in [4.69, 9.17) is 4.43 Å². The molecule has 0 amide bonds. The fourth-order valence-corrected chi connectivity index (χ4v) is 5.33. The second kappa shape index (κ2) is 8.32. The van der Waals surface area contributed by atoms with E-state index in [1.54, 1.807) is 0 Å². The molecule has 151 valence electrons. The summed E-state index contributed by atoms with van der Waals surface area (Å²) in [6.07, 6.45) is 3.77. The molecule has 0 saturated heterocycles. The quantitative estimate of drug-likeness (QED) is 0.450. The van der Waals surface area contributed by atoms with Crippen LogP contribution in [0.15, 0.2) is 91.3 Å². The first-order valence-corrected chi connectivity index (χ1v) is 11.6. The minimum absolute atomic E-state index is 0.139. The summed E-state index contributed by atoms with van der Waals surface area (Å²) < 4.78 is 8.61. The molecule has 3 aromatic carbocycles. The molecule has 0 aliphatic carbocycles. The molecule has 3 nitrogen and oxygen atoms in total. The zero-order valence-electron chi connectivity index (χ0n) is 18.0. The predicted molar refractivity (Wildman–Crippen MR) is 126 cm³/mol. The third-order valence-corrected chi connectivity index (χ3v) is 7.36. The van der Waals surface area contributed by atoms with Crippen molar-refractivity contribution in [2.45, 2.75) is 26.2 Å². The maximum atomic E-state index is 6.59. The van der Waals surface area contributed by atoms with E-state index in [1.165, 1.54) is 15.9 Å². The van der Waals surface area contributed by atoms with Gasteiger partial charge < -0.3 is 8.99 Å². The molecule has 1 aromatic heterocycles. The van der Waals surface area contributed by atoms with Gasteiger partial charge in [-0.25, -0.2) is 4.98 Å². The van der Waals surface area contributed by atoms with Crippen molar-refractivity contribution < 1.29 is 4.43 Å². The number of rotatable bonds is 5. The van der Waals surface area contributed by atoms with Gasteiger partial charge in [0.05, 0.1) is 0 Å². The van der Waals surface area contributed by atoms with Gasteiger partial charge in [0.2, 0.25) is 0 Å². The molecule has 0 bridgehead atoms. The van der Waals surface area contributed by atoms with Crippen LogP contribution in [0.2, 0.25) is 0 Å². The number of aryl methyl sites for hydroxylation is 1. The van der Waals surface area contributed by atoms with Crippen LogP contribution < -0.4 is 14.8 Å². The Labute approximate surface area is 180 Å². The molecule has 0 spiro atoms. The van der Waals surface area contributed by atoms with Crippen LogP contribution in [0.25, 0.3) is 11.4 Å². The number of hydrogen-bond donors (Lipinski definition) is 0.